The third kappa shape index (κ3) is 8.98. The number of rotatable bonds is 15. The van der Waals surface area contributed by atoms with Gasteiger partial charge in [-0.25, -0.2) is 9.78 Å². The number of carbonyl (C=O) groups excluding carboxylic acids is 2. The minimum Gasteiger partial charge on any atom is -0.491 e. The van der Waals surface area contributed by atoms with Crippen LogP contribution >= 0.6 is 0 Å². The van der Waals surface area contributed by atoms with Gasteiger partial charge in [0.25, 0.3) is 11.6 Å². The number of hydrogen-bond donors (Lipinski definition) is 5. The highest BCUT2D eigenvalue weighted by atomic mass is 16.6. The van der Waals surface area contributed by atoms with Gasteiger partial charge in [-0.15, -0.1) is 0 Å². The van der Waals surface area contributed by atoms with E-state index in [2.05, 4.69) is 20.5 Å². The van der Waals surface area contributed by atoms with Crippen LogP contribution in [0.15, 0.2) is 36.5 Å². The second kappa shape index (κ2) is 14.9. The molecule has 7 N–H and O–H groups in total. The molecule has 0 saturated carbocycles. The minimum absolute atomic E-state index is 0.0297. The van der Waals surface area contributed by atoms with Gasteiger partial charge in [0.2, 0.25) is 11.7 Å². The molecule has 2 aromatic rings. The number of nitro groups is 2. The first kappa shape index (κ1) is 32.0. The normalized spacial score (nSPS) is 13.4. The highest BCUT2D eigenvalue weighted by Gasteiger charge is 2.23. The lowest BCUT2D eigenvalue weighted by Gasteiger charge is -2.32. The number of benzene rings is 1. The first-order valence-electron chi connectivity index (χ1n) is 13.0. The molecule has 0 spiro atoms. The number of anilines is 2. The van der Waals surface area contributed by atoms with Gasteiger partial charge in [0, 0.05) is 69.7 Å². The van der Waals surface area contributed by atoms with Crippen molar-refractivity contribution in [2.45, 2.75) is 6.42 Å². The molecule has 18 nitrogen and oxygen atoms in total. The Hall–Kier alpha value is -5.52. The molecular formula is C25H31N9O9. The molecule has 3 amide bonds. The second-order valence-corrected chi connectivity index (χ2v) is 9.25. The topological polar surface area (TPSA) is 262 Å². The zero-order valence-electron chi connectivity index (χ0n) is 22.9. The molecule has 1 aromatic carbocycles. The average molecular weight is 602 g/mol. The Morgan fingerprint density at radius 2 is 1.56 bits per heavy atom. The van der Waals surface area contributed by atoms with E-state index in [-0.39, 0.29) is 48.1 Å². The minimum atomic E-state index is -0.956. The standard InChI is InChI=1S/C25H31N9O9/c26-22(35)16-12-18(33(39)40)21(20(14-16)43-11-3-6-31-7-9-32(10-8-31)25(37)38)28-4-1-2-5-29-24-19(34(41)42)13-17(15-30-24)23(27)36/h1-2,12-15,28H,3-11H2,(H2,26,35)(H2,27,36)(H,29,30)(H,37,38). The molecule has 2 heterocycles. The van der Waals surface area contributed by atoms with Crippen LogP contribution in [-0.2, 0) is 0 Å². The van der Waals surface area contributed by atoms with Gasteiger partial charge >= 0.3 is 11.8 Å². The maximum absolute atomic E-state index is 11.8. The molecular weight excluding hydrogens is 570 g/mol. The van der Waals surface area contributed by atoms with Crippen molar-refractivity contribution in [1.29, 1.82) is 0 Å². The summed E-state index contributed by atoms with van der Waals surface area (Å²) in [6, 6.07) is 3.37. The summed E-state index contributed by atoms with van der Waals surface area (Å²) in [6.45, 7) is 2.90. The molecule has 230 valence electrons. The van der Waals surface area contributed by atoms with E-state index in [1.54, 1.807) is 12.2 Å². The van der Waals surface area contributed by atoms with Gasteiger partial charge < -0.3 is 36.8 Å². The molecule has 0 atom stereocenters. The Balaban J connectivity index is 1.62. The monoisotopic (exact) mass is 601 g/mol. The molecule has 1 aliphatic heterocycles. The molecule has 1 saturated heterocycles. The highest BCUT2D eigenvalue weighted by molar-refractivity contribution is 5.96. The molecule has 1 aromatic heterocycles. The zero-order chi connectivity index (χ0) is 31.5. The molecule has 3 rings (SSSR count). The summed E-state index contributed by atoms with van der Waals surface area (Å²) >= 11 is 0. The summed E-state index contributed by atoms with van der Waals surface area (Å²) < 4.78 is 5.82. The smallest absolute Gasteiger partial charge is 0.407 e. The molecule has 18 heteroatoms. The van der Waals surface area contributed by atoms with Gasteiger partial charge in [-0.2, -0.15) is 0 Å². The van der Waals surface area contributed by atoms with Gasteiger partial charge in [-0.05, 0) is 12.5 Å². The third-order valence-corrected chi connectivity index (χ3v) is 6.38. The zero-order valence-corrected chi connectivity index (χ0v) is 22.9. The molecule has 0 aliphatic carbocycles. The Morgan fingerprint density at radius 3 is 2.14 bits per heavy atom. The SMILES string of the molecule is NC(=O)c1cnc(NCC=CCNc2c(OCCCN3CCN(C(=O)O)CC3)cc(C(N)=O)cc2[N+](=O)[O-])c([N+](=O)[O-])c1. The lowest BCUT2D eigenvalue weighted by Crippen LogP contribution is -2.48. The van der Waals surface area contributed by atoms with Crippen molar-refractivity contribution in [3.05, 3.63) is 67.9 Å². The number of ether oxygens (including phenoxy) is 1. The molecule has 1 aliphatic rings. The maximum Gasteiger partial charge on any atom is 0.407 e. The molecule has 0 unspecified atom stereocenters. The van der Waals surface area contributed by atoms with Gasteiger partial charge in [0.15, 0.2) is 5.69 Å². The number of carbonyl (C=O) groups is 3. The largest absolute Gasteiger partial charge is 0.491 e. The summed E-state index contributed by atoms with van der Waals surface area (Å²) in [5.41, 5.74) is 9.47. The number of nitrogens with zero attached hydrogens (tertiary/aromatic N) is 5. The van der Waals surface area contributed by atoms with Crippen LogP contribution in [0.2, 0.25) is 0 Å². The Morgan fingerprint density at radius 1 is 0.953 bits per heavy atom. The first-order chi connectivity index (χ1) is 20.5. The van der Waals surface area contributed by atoms with Crippen molar-refractivity contribution < 1.29 is 34.1 Å². The van der Waals surface area contributed by atoms with Crippen LogP contribution < -0.4 is 26.8 Å². The van der Waals surface area contributed by atoms with E-state index in [9.17, 15) is 34.6 Å². The van der Waals surface area contributed by atoms with E-state index >= 15 is 0 Å². The van der Waals surface area contributed by atoms with Crippen molar-refractivity contribution >= 4 is 40.8 Å². The van der Waals surface area contributed by atoms with Crippen LogP contribution in [0.4, 0.5) is 27.7 Å². The van der Waals surface area contributed by atoms with Crippen molar-refractivity contribution in [3.63, 3.8) is 0 Å². The fourth-order valence-electron chi connectivity index (χ4n) is 4.16. The van der Waals surface area contributed by atoms with Gasteiger partial charge in [-0.3, -0.25) is 34.7 Å². The molecule has 0 radical (unpaired) electrons. The second-order valence-electron chi connectivity index (χ2n) is 9.25. The number of hydrogen-bond acceptors (Lipinski definition) is 12. The van der Waals surface area contributed by atoms with Crippen molar-refractivity contribution in [1.82, 2.24) is 14.8 Å². The van der Waals surface area contributed by atoms with E-state index in [0.717, 1.165) is 18.3 Å². The molecule has 0 bridgehead atoms. The third-order valence-electron chi connectivity index (χ3n) is 6.38. The lowest BCUT2D eigenvalue weighted by atomic mass is 10.1. The first-order valence-corrected chi connectivity index (χ1v) is 13.0. The summed E-state index contributed by atoms with van der Waals surface area (Å²) in [7, 11) is 0. The summed E-state index contributed by atoms with van der Waals surface area (Å²) in [5, 5.41) is 37.8. The fourth-order valence-corrected chi connectivity index (χ4v) is 4.16. The van der Waals surface area contributed by atoms with Crippen molar-refractivity contribution in [2.24, 2.45) is 11.5 Å². The van der Waals surface area contributed by atoms with E-state index in [4.69, 9.17) is 21.3 Å². The molecule has 43 heavy (non-hydrogen) atoms. The number of carboxylic acid groups (broad SMARTS) is 1. The van der Waals surface area contributed by atoms with Crippen LogP contribution in [-0.4, -0.2) is 100 Å². The number of nitrogens with one attached hydrogen (secondary N) is 2. The predicted molar refractivity (Wildman–Crippen MR) is 153 cm³/mol. The van der Waals surface area contributed by atoms with E-state index in [0.29, 0.717) is 39.1 Å². The van der Waals surface area contributed by atoms with Gasteiger partial charge in [0.1, 0.15) is 5.75 Å². The quantitative estimate of drug-likeness (QED) is 0.0833. The number of primary amides is 2. The number of aromatic nitrogens is 1. The summed E-state index contributed by atoms with van der Waals surface area (Å²) in [4.78, 5) is 63.2. The van der Waals surface area contributed by atoms with Crippen LogP contribution in [0.3, 0.4) is 0 Å². The van der Waals surface area contributed by atoms with E-state index < -0.39 is 39.1 Å². The van der Waals surface area contributed by atoms with Crippen LogP contribution in [0, 0.1) is 20.2 Å². The highest BCUT2D eigenvalue weighted by Crippen LogP contribution is 2.36. The summed E-state index contributed by atoms with van der Waals surface area (Å²) in [5.74, 6) is -1.75. The Bertz CT molecular complexity index is 1410. The van der Waals surface area contributed by atoms with Crippen molar-refractivity contribution in [3.8, 4) is 5.75 Å². The lowest BCUT2D eigenvalue weighted by molar-refractivity contribution is -0.384. The molecule has 1 fully saturated rings. The maximum atomic E-state index is 11.8. The number of nitrogens with two attached hydrogens (primary N) is 2. The van der Waals surface area contributed by atoms with Crippen LogP contribution in [0.1, 0.15) is 27.1 Å². The number of nitro benzene ring substituents is 1. The van der Waals surface area contributed by atoms with Gasteiger partial charge in [0.05, 0.1) is 22.0 Å². The summed E-state index contributed by atoms with van der Waals surface area (Å²) in [6.07, 6.45) is 3.88. The number of pyridine rings is 1. The fraction of sp³-hybridized carbons (Fsp3) is 0.360. The Labute approximate surface area is 244 Å². The van der Waals surface area contributed by atoms with Gasteiger partial charge in [-0.1, -0.05) is 12.2 Å². The van der Waals surface area contributed by atoms with Crippen LogP contribution in [0.25, 0.3) is 0 Å². The van der Waals surface area contributed by atoms with Crippen LogP contribution in [0.5, 0.6) is 5.75 Å². The van der Waals surface area contributed by atoms with Crippen molar-refractivity contribution in [2.75, 3.05) is 63.1 Å². The van der Waals surface area contributed by atoms with E-state index in [1.165, 1.54) is 11.0 Å². The predicted octanol–water partition coefficient (Wildman–Crippen LogP) is 1.24. The van der Waals surface area contributed by atoms with E-state index in [1.807, 2.05) is 0 Å². The Kier molecular flexibility index (Phi) is 11.1. The average Bonchev–Trinajstić information content (AvgIpc) is 2.97. The number of amides is 3. The number of piperazine rings is 1.